The number of carbonyl (C=O) groups excluding carboxylic acids is 2. The lowest BCUT2D eigenvalue weighted by atomic mass is 9.96. The standard InChI is InChI=1S/C18H16ClNO3/c1-10-14-7-12(4-6-16(14)20-18(10)22)17(21)8-11-3-5-13(23-2)9-15(11)19/h3-7,9-10H,8H2,1-2H3,(H,20,22). The van der Waals surface area contributed by atoms with E-state index in [4.69, 9.17) is 16.3 Å². The molecule has 0 fully saturated rings. The van der Waals surface area contributed by atoms with Crippen molar-refractivity contribution in [3.63, 3.8) is 0 Å². The number of benzene rings is 2. The van der Waals surface area contributed by atoms with Crippen molar-refractivity contribution in [3.05, 3.63) is 58.1 Å². The second kappa shape index (κ2) is 6.05. The van der Waals surface area contributed by atoms with Crippen LogP contribution in [0.2, 0.25) is 5.02 Å². The van der Waals surface area contributed by atoms with E-state index >= 15 is 0 Å². The molecule has 0 bridgehead atoms. The Balaban J connectivity index is 1.83. The molecule has 2 aromatic rings. The van der Waals surface area contributed by atoms with Gasteiger partial charge in [-0.3, -0.25) is 9.59 Å². The van der Waals surface area contributed by atoms with Crippen molar-refractivity contribution in [1.29, 1.82) is 0 Å². The van der Waals surface area contributed by atoms with Crippen molar-refractivity contribution < 1.29 is 14.3 Å². The summed E-state index contributed by atoms with van der Waals surface area (Å²) in [6.45, 7) is 1.83. The van der Waals surface area contributed by atoms with Crippen LogP contribution in [-0.4, -0.2) is 18.8 Å². The SMILES string of the molecule is COc1ccc(CC(=O)c2ccc3c(c2)C(C)C(=O)N3)c(Cl)c1. The van der Waals surface area contributed by atoms with E-state index < -0.39 is 0 Å². The number of amides is 1. The number of ether oxygens (including phenoxy) is 1. The van der Waals surface area contributed by atoms with E-state index in [2.05, 4.69) is 5.32 Å². The molecule has 0 aromatic heterocycles. The van der Waals surface area contributed by atoms with Crippen LogP contribution in [0.5, 0.6) is 5.75 Å². The number of anilines is 1. The minimum Gasteiger partial charge on any atom is -0.497 e. The van der Waals surface area contributed by atoms with Crippen LogP contribution in [0.15, 0.2) is 36.4 Å². The topological polar surface area (TPSA) is 55.4 Å². The van der Waals surface area contributed by atoms with E-state index in [0.29, 0.717) is 16.3 Å². The van der Waals surface area contributed by atoms with Crippen LogP contribution in [0.25, 0.3) is 0 Å². The predicted molar refractivity (Wildman–Crippen MR) is 89.5 cm³/mol. The summed E-state index contributed by atoms with van der Waals surface area (Å²) in [5.74, 6) is 0.346. The molecule has 1 unspecified atom stereocenters. The molecular formula is C18H16ClNO3. The zero-order valence-electron chi connectivity index (χ0n) is 12.9. The first-order chi connectivity index (χ1) is 11.0. The molecule has 1 heterocycles. The quantitative estimate of drug-likeness (QED) is 0.867. The molecule has 0 saturated carbocycles. The van der Waals surface area contributed by atoms with E-state index in [1.165, 1.54) is 0 Å². The van der Waals surface area contributed by atoms with Crippen LogP contribution in [0, 0.1) is 0 Å². The average molecular weight is 330 g/mol. The monoisotopic (exact) mass is 329 g/mol. The molecule has 118 valence electrons. The zero-order valence-corrected chi connectivity index (χ0v) is 13.6. The second-order valence-corrected chi connectivity index (χ2v) is 5.98. The summed E-state index contributed by atoms with van der Waals surface area (Å²) in [7, 11) is 1.57. The molecular weight excluding hydrogens is 314 g/mol. The molecule has 0 saturated heterocycles. The van der Waals surface area contributed by atoms with Gasteiger partial charge in [0, 0.05) is 22.7 Å². The van der Waals surface area contributed by atoms with E-state index in [0.717, 1.165) is 16.8 Å². The van der Waals surface area contributed by atoms with Crippen LogP contribution in [0.1, 0.15) is 34.3 Å². The average Bonchev–Trinajstić information content (AvgIpc) is 2.83. The second-order valence-electron chi connectivity index (χ2n) is 5.57. The van der Waals surface area contributed by atoms with Crippen molar-refractivity contribution in [1.82, 2.24) is 0 Å². The normalized spacial score (nSPS) is 16.0. The molecule has 1 amide bonds. The van der Waals surface area contributed by atoms with Gasteiger partial charge in [-0.25, -0.2) is 0 Å². The van der Waals surface area contributed by atoms with E-state index in [1.54, 1.807) is 43.5 Å². The Morgan fingerprint density at radius 3 is 2.74 bits per heavy atom. The molecule has 1 aliphatic rings. The zero-order chi connectivity index (χ0) is 16.6. The first-order valence-electron chi connectivity index (χ1n) is 7.30. The van der Waals surface area contributed by atoms with Crippen LogP contribution < -0.4 is 10.1 Å². The van der Waals surface area contributed by atoms with E-state index in [9.17, 15) is 9.59 Å². The van der Waals surface area contributed by atoms with Gasteiger partial charge in [-0.05, 0) is 48.4 Å². The highest BCUT2D eigenvalue weighted by atomic mass is 35.5. The van der Waals surface area contributed by atoms with Crippen LogP contribution >= 0.6 is 11.6 Å². The number of fused-ring (bicyclic) bond motifs is 1. The number of ketones is 1. The summed E-state index contributed by atoms with van der Waals surface area (Å²) < 4.78 is 5.10. The molecule has 1 atom stereocenters. The fourth-order valence-corrected chi connectivity index (χ4v) is 2.90. The number of halogens is 1. The molecule has 23 heavy (non-hydrogen) atoms. The summed E-state index contributed by atoms with van der Waals surface area (Å²) in [6.07, 6.45) is 0.206. The Kier molecular flexibility index (Phi) is 4.09. The van der Waals surface area contributed by atoms with Gasteiger partial charge in [0.1, 0.15) is 5.75 Å². The van der Waals surface area contributed by atoms with Crippen molar-refractivity contribution >= 4 is 29.0 Å². The predicted octanol–water partition coefficient (Wildman–Crippen LogP) is 3.83. The Morgan fingerprint density at radius 2 is 2.04 bits per heavy atom. The number of hydrogen-bond donors (Lipinski definition) is 1. The minimum atomic E-state index is -0.234. The number of nitrogens with one attached hydrogen (secondary N) is 1. The number of carbonyl (C=O) groups is 2. The van der Waals surface area contributed by atoms with Crippen LogP contribution in [-0.2, 0) is 11.2 Å². The fraction of sp³-hybridized carbons (Fsp3) is 0.222. The molecule has 5 heteroatoms. The Bertz CT molecular complexity index is 801. The molecule has 1 N–H and O–H groups in total. The summed E-state index contributed by atoms with van der Waals surface area (Å²) in [4.78, 5) is 24.2. The molecule has 0 radical (unpaired) electrons. The highest BCUT2D eigenvalue weighted by molar-refractivity contribution is 6.31. The largest absolute Gasteiger partial charge is 0.497 e. The van der Waals surface area contributed by atoms with Crippen LogP contribution in [0.4, 0.5) is 5.69 Å². The first-order valence-corrected chi connectivity index (χ1v) is 7.68. The fourth-order valence-electron chi connectivity index (χ4n) is 2.66. The number of Topliss-reactive ketones (excluding diaryl/α,β-unsaturated/α-hetero) is 1. The smallest absolute Gasteiger partial charge is 0.231 e. The number of methoxy groups -OCH3 is 1. The molecule has 1 aliphatic heterocycles. The lowest BCUT2D eigenvalue weighted by molar-refractivity contribution is -0.116. The van der Waals surface area contributed by atoms with E-state index in [-0.39, 0.29) is 24.0 Å². The minimum absolute atomic E-state index is 0.0357. The molecule has 0 aliphatic carbocycles. The van der Waals surface area contributed by atoms with Crippen molar-refractivity contribution in [2.24, 2.45) is 0 Å². The molecule has 4 nitrogen and oxygen atoms in total. The lowest BCUT2D eigenvalue weighted by Crippen LogP contribution is -2.08. The summed E-state index contributed by atoms with van der Waals surface area (Å²) >= 11 is 6.19. The van der Waals surface area contributed by atoms with Crippen molar-refractivity contribution in [2.45, 2.75) is 19.3 Å². The Morgan fingerprint density at radius 1 is 1.26 bits per heavy atom. The maximum Gasteiger partial charge on any atom is 0.231 e. The van der Waals surface area contributed by atoms with Gasteiger partial charge in [0.05, 0.1) is 13.0 Å². The number of rotatable bonds is 4. The van der Waals surface area contributed by atoms with Gasteiger partial charge in [0.2, 0.25) is 5.91 Å². The maximum absolute atomic E-state index is 12.5. The lowest BCUT2D eigenvalue weighted by Gasteiger charge is -2.08. The van der Waals surface area contributed by atoms with Gasteiger partial charge >= 0.3 is 0 Å². The first kappa shape index (κ1) is 15.6. The summed E-state index contributed by atoms with van der Waals surface area (Å²) in [6, 6.07) is 10.6. The molecule has 2 aromatic carbocycles. The summed E-state index contributed by atoms with van der Waals surface area (Å²) in [5.41, 5.74) is 2.97. The maximum atomic E-state index is 12.5. The molecule has 3 rings (SSSR count). The van der Waals surface area contributed by atoms with Gasteiger partial charge in [0.15, 0.2) is 5.78 Å². The number of hydrogen-bond acceptors (Lipinski definition) is 3. The highest BCUT2D eigenvalue weighted by Gasteiger charge is 2.27. The summed E-state index contributed by atoms with van der Waals surface area (Å²) in [5, 5.41) is 3.30. The third-order valence-electron chi connectivity index (χ3n) is 4.10. The van der Waals surface area contributed by atoms with Gasteiger partial charge in [-0.2, -0.15) is 0 Å². The Hall–Kier alpha value is -2.33. The van der Waals surface area contributed by atoms with Crippen LogP contribution in [0.3, 0.4) is 0 Å². The van der Waals surface area contributed by atoms with Gasteiger partial charge in [-0.15, -0.1) is 0 Å². The van der Waals surface area contributed by atoms with Gasteiger partial charge < -0.3 is 10.1 Å². The van der Waals surface area contributed by atoms with Gasteiger partial charge in [0.25, 0.3) is 0 Å². The third kappa shape index (κ3) is 2.94. The van der Waals surface area contributed by atoms with Crippen molar-refractivity contribution in [2.75, 3.05) is 12.4 Å². The van der Waals surface area contributed by atoms with Gasteiger partial charge in [-0.1, -0.05) is 17.7 Å². The molecule has 0 spiro atoms. The highest BCUT2D eigenvalue weighted by Crippen LogP contribution is 2.33. The Labute approximate surface area is 139 Å². The van der Waals surface area contributed by atoms with E-state index in [1.807, 2.05) is 6.92 Å². The van der Waals surface area contributed by atoms with Crippen molar-refractivity contribution in [3.8, 4) is 5.75 Å². The third-order valence-corrected chi connectivity index (χ3v) is 4.45.